The van der Waals surface area contributed by atoms with Crippen LogP contribution in [-0.4, -0.2) is 12.1 Å². The van der Waals surface area contributed by atoms with Crippen LogP contribution >= 0.6 is 11.6 Å². The van der Waals surface area contributed by atoms with Crippen LogP contribution in [0.3, 0.4) is 0 Å². The zero-order chi connectivity index (χ0) is 15.6. The monoisotopic (exact) mass is 309 g/mol. The molecule has 1 aromatic rings. The quantitative estimate of drug-likeness (QED) is 0.658. The molecule has 21 heavy (non-hydrogen) atoms. The Morgan fingerprint density at radius 3 is 2.76 bits per heavy atom. The van der Waals surface area contributed by atoms with Crippen LogP contribution in [0.15, 0.2) is 18.2 Å². The van der Waals surface area contributed by atoms with E-state index in [-0.39, 0.29) is 17.1 Å². The van der Waals surface area contributed by atoms with Gasteiger partial charge in [-0.3, -0.25) is 0 Å². The molecular formula is C17H24ClNO2. The molecule has 3 unspecified atom stereocenters. The molecule has 1 aliphatic carbocycles. The zero-order valence-electron chi connectivity index (χ0n) is 12.9. The van der Waals surface area contributed by atoms with Crippen LogP contribution in [0.1, 0.15) is 50.4 Å². The predicted octanol–water partition coefficient (Wildman–Crippen LogP) is 4.54. The van der Waals surface area contributed by atoms with Crippen molar-refractivity contribution in [1.82, 2.24) is 0 Å². The van der Waals surface area contributed by atoms with E-state index in [0.717, 1.165) is 12.8 Å². The minimum absolute atomic E-state index is 0.0289. The summed E-state index contributed by atoms with van der Waals surface area (Å²) >= 11 is 6.11. The van der Waals surface area contributed by atoms with Crippen LogP contribution in [0.2, 0.25) is 5.02 Å². The standard InChI is InChI=1S/C17H24ClNO2/c1-10(2)12-8-7-11(3)9-15(12)21-17(20)13-5-4-6-14(19)16(13)18/h4-6,10-12,15H,7-9,19H2,1-3H3. The van der Waals surface area contributed by atoms with Crippen molar-refractivity contribution in [2.45, 2.75) is 46.1 Å². The summed E-state index contributed by atoms with van der Waals surface area (Å²) in [6, 6.07) is 5.07. The van der Waals surface area contributed by atoms with Crippen molar-refractivity contribution in [1.29, 1.82) is 0 Å². The number of hydrogen-bond acceptors (Lipinski definition) is 3. The molecule has 116 valence electrons. The maximum Gasteiger partial charge on any atom is 0.340 e. The summed E-state index contributed by atoms with van der Waals surface area (Å²) in [5.41, 5.74) is 6.51. The number of benzene rings is 1. The predicted molar refractivity (Wildman–Crippen MR) is 86.4 cm³/mol. The topological polar surface area (TPSA) is 52.3 Å². The van der Waals surface area contributed by atoms with Crippen LogP contribution in [0.4, 0.5) is 5.69 Å². The number of halogens is 1. The molecule has 2 N–H and O–H groups in total. The lowest BCUT2D eigenvalue weighted by atomic mass is 9.75. The molecule has 0 amide bonds. The number of carbonyl (C=O) groups is 1. The lowest BCUT2D eigenvalue weighted by Crippen LogP contribution is -2.35. The van der Waals surface area contributed by atoms with E-state index in [2.05, 4.69) is 20.8 Å². The highest BCUT2D eigenvalue weighted by atomic mass is 35.5. The number of hydrogen-bond donors (Lipinski definition) is 1. The van der Waals surface area contributed by atoms with E-state index in [1.807, 2.05) is 0 Å². The van der Waals surface area contributed by atoms with Crippen LogP contribution in [0, 0.1) is 17.8 Å². The summed E-state index contributed by atoms with van der Waals surface area (Å²) in [6.45, 7) is 6.59. The third-order valence-electron chi connectivity index (χ3n) is 4.47. The maximum atomic E-state index is 12.4. The number of nitrogens with two attached hydrogens (primary N) is 1. The highest BCUT2D eigenvalue weighted by molar-refractivity contribution is 6.36. The van der Waals surface area contributed by atoms with Gasteiger partial charge in [-0.1, -0.05) is 44.9 Å². The lowest BCUT2D eigenvalue weighted by molar-refractivity contribution is -0.0173. The number of esters is 1. The average Bonchev–Trinajstić information content (AvgIpc) is 2.41. The zero-order valence-corrected chi connectivity index (χ0v) is 13.7. The maximum absolute atomic E-state index is 12.4. The van der Waals surface area contributed by atoms with Gasteiger partial charge in [-0.25, -0.2) is 4.79 Å². The Balaban J connectivity index is 2.14. The van der Waals surface area contributed by atoms with Crippen molar-refractivity contribution in [3.05, 3.63) is 28.8 Å². The number of rotatable bonds is 3. The minimum atomic E-state index is -0.364. The molecule has 0 heterocycles. The van der Waals surface area contributed by atoms with Gasteiger partial charge in [-0.05, 0) is 42.7 Å². The number of nitrogen functional groups attached to an aromatic ring is 1. The number of ether oxygens (including phenoxy) is 1. The summed E-state index contributed by atoms with van der Waals surface area (Å²) in [4.78, 5) is 12.4. The van der Waals surface area contributed by atoms with Crippen molar-refractivity contribution in [3.63, 3.8) is 0 Å². The summed E-state index contributed by atoms with van der Waals surface area (Å²) in [5, 5.41) is 0.285. The fourth-order valence-electron chi connectivity index (χ4n) is 3.16. The first-order chi connectivity index (χ1) is 9.90. The van der Waals surface area contributed by atoms with Crippen LogP contribution in [0.25, 0.3) is 0 Å². The Labute approximate surface area is 131 Å². The Bertz CT molecular complexity index is 516. The molecule has 3 nitrogen and oxygen atoms in total. The second-order valence-electron chi connectivity index (χ2n) is 6.48. The molecule has 0 radical (unpaired) electrons. The van der Waals surface area contributed by atoms with E-state index in [1.165, 1.54) is 6.42 Å². The Kier molecular flexibility index (Phi) is 5.15. The van der Waals surface area contributed by atoms with Crippen molar-refractivity contribution >= 4 is 23.3 Å². The number of anilines is 1. The van der Waals surface area contributed by atoms with Crippen LogP contribution in [0.5, 0.6) is 0 Å². The molecule has 1 saturated carbocycles. The Morgan fingerprint density at radius 1 is 1.38 bits per heavy atom. The van der Waals surface area contributed by atoms with E-state index in [4.69, 9.17) is 22.1 Å². The molecule has 2 rings (SSSR count). The fourth-order valence-corrected chi connectivity index (χ4v) is 3.36. The molecule has 0 saturated heterocycles. The molecule has 1 aliphatic rings. The van der Waals surface area contributed by atoms with Gasteiger partial charge < -0.3 is 10.5 Å². The molecule has 1 aromatic carbocycles. The van der Waals surface area contributed by atoms with Gasteiger partial charge in [-0.2, -0.15) is 0 Å². The molecular weight excluding hydrogens is 286 g/mol. The van der Waals surface area contributed by atoms with Gasteiger partial charge in [0.25, 0.3) is 0 Å². The van der Waals surface area contributed by atoms with Crippen molar-refractivity contribution < 1.29 is 9.53 Å². The van der Waals surface area contributed by atoms with E-state index in [1.54, 1.807) is 18.2 Å². The van der Waals surface area contributed by atoms with Crippen molar-refractivity contribution in [2.24, 2.45) is 17.8 Å². The molecule has 3 atom stereocenters. The van der Waals surface area contributed by atoms with E-state index in [9.17, 15) is 4.79 Å². The van der Waals surface area contributed by atoms with E-state index < -0.39 is 0 Å². The first-order valence-corrected chi connectivity index (χ1v) is 8.03. The third kappa shape index (κ3) is 3.70. The summed E-state index contributed by atoms with van der Waals surface area (Å²) in [5.74, 6) is 1.16. The number of carbonyl (C=O) groups excluding carboxylic acids is 1. The van der Waals surface area contributed by atoms with Gasteiger partial charge in [-0.15, -0.1) is 0 Å². The van der Waals surface area contributed by atoms with Gasteiger partial charge >= 0.3 is 5.97 Å². The van der Waals surface area contributed by atoms with Gasteiger partial charge in [0, 0.05) is 0 Å². The Morgan fingerprint density at radius 2 is 2.10 bits per heavy atom. The van der Waals surface area contributed by atoms with Gasteiger partial charge in [0.2, 0.25) is 0 Å². The SMILES string of the molecule is CC1CCC(C(C)C)C(OC(=O)c2cccc(N)c2Cl)C1. The van der Waals surface area contributed by atoms with Crippen molar-refractivity contribution in [3.8, 4) is 0 Å². The van der Waals surface area contributed by atoms with E-state index >= 15 is 0 Å². The highest BCUT2D eigenvalue weighted by Gasteiger charge is 2.33. The molecule has 0 bridgehead atoms. The fraction of sp³-hybridized carbons (Fsp3) is 0.588. The van der Waals surface area contributed by atoms with Crippen LogP contribution in [-0.2, 0) is 4.74 Å². The summed E-state index contributed by atoms with van der Waals surface area (Å²) < 4.78 is 5.78. The molecule has 0 spiro atoms. The first kappa shape index (κ1) is 16.2. The highest BCUT2D eigenvalue weighted by Crippen LogP contribution is 2.36. The van der Waals surface area contributed by atoms with Gasteiger partial charge in [0.15, 0.2) is 0 Å². The third-order valence-corrected chi connectivity index (χ3v) is 4.89. The second kappa shape index (κ2) is 6.69. The molecule has 0 aliphatic heterocycles. The normalized spacial score (nSPS) is 25.9. The van der Waals surface area contributed by atoms with Crippen LogP contribution < -0.4 is 5.73 Å². The minimum Gasteiger partial charge on any atom is -0.458 e. The summed E-state index contributed by atoms with van der Waals surface area (Å²) in [7, 11) is 0. The van der Waals surface area contributed by atoms with Gasteiger partial charge in [0.05, 0.1) is 16.3 Å². The van der Waals surface area contributed by atoms with E-state index in [0.29, 0.717) is 29.0 Å². The average molecular weight is 310 g/mol. The molecule has 4 heteroatoms. The van der Waals surface area contributed by atoms with Crippen molar-refractivity contribution in [2.75, 3.05) is 5.73 Å². The second-order valence-corrected chi connectivity index (χ2v) is 6.86. The molecule has 1 fully saturated rings. The largest absolute Gasteiger partial charge is 0.458 e. The lowest BCUT2D eigenvalue weighted by Gasteiger charge is -2.36. The molecule has 0 aromatic heterocycles. The van der Waals surface area contributed by atoms with Gasteiger partial charge in [0.1, 0.15) is 6.10 Å². The first-order valence-electron chi connectivity index (χ1n) is 7.65. The summed E-state index contributed by atoms with van der Waals surface area (Å²) in [6.07, 6.45) is 3.21. The smallest absolute Gasteiger partial charge is 0.340 e. The Hall–Kier alpha value is -1.22.